The highest BCUT2D eigenvalue weighted by molar-refractivity contribution is 5.29. The Morgan fingerprint density at radius 2 is 2.11 bits per heavy atom. The van der Waals surface area contributed by atoms with Crippen molar-refractivity contribution in [2.45, 2.75) is 58.5 Å². The van der Waals surface area contributed by atoms with Crippen LogP contribution in [0.25, 0.3) is 0 Å². The zero-order chi connectivity index (χ0) is 13.2. The second-order valence-electron chi connectivity index (χ2n) is 5.61. The van der Waals surface area contributed by atoms with E-state index in [0.29, 0.717) is 0 Å². The first kappa shape index (κ1) is 13.4. The summed E-state index contributed by atoms with van der Waals surface area (Å²) in [5, 5.41) is 4.36. The first-order chi connectivity index (χ1) is 8.62. The average molecular weight is 251 g/mol. The molecule has 4 nitrogen and oxygen atoms in total. The molecule has 0 radical (unpaired) electrons. The lowest BCUT2D eigenvalue weighted by Crippen LogP contribution is -2.35. The zero-order valence-electron chi connectivity index (χ0n) is 11.8. The molecule has 1 saturated carbocycles. The molecule has 0 aliphatic heterocycles. The van der Waals surface area contributed by atoms with E-state index in [9.17, 15) is 0 Å². The third-order valence-electron chi connectivity index (χ3n) is 4.41. The van der Waals surface area contributed by atoms with E-state index in [2.05, 4.69) is 18.9 Å². The van der Waals surface area contributed by atoms with Crippen LogP contribution in [0.15, 0.2) is 6.20 Å². The van der Waals surface area contributed by atoms with Gasteiger partial charge in [0.25, 0.3) is 0 Å². The quantitative estimate of drug-likeness (QED) is 0.895. The van der Waals surface area contributed by atoms with E-state index < -0.39 is 0 Å². The molecular weight excluding hydrogens is 226 g/mol. The lowest BCUT2D eigenvalue weighted by atomic mass is 9.70. The number of methoxy groups -OCH3 is 1. The van der Waals surface area contributed by atoms with Gasteiger partial charge in [0, 0.05) is 6.54 Å². The molecule has 18 heavy (non-hydrogen) atoms. The standard InChI is InChI=1S/C14H25N3O/c1-4-17-12(11(18-3)10-16-17)13(15)14(2)8-6-5-7-9-14/h10,13H,4-9,15H2,1-3H3. The third-order valence-corrected chi connectivity index (χ3v) is 4.41. The molecule has 1 atom stereocenters. The summed E-state index contributed by atoms with van der Waals surface area (Å²) in [6.07, 6.45) is 8.09. The SMILES string of the molecule is CCn1ncc(OC)c1C(N)C1(C)CCCCC1. The van der Waals surface area contributed by atoms with E-state index in [0.717, 1.165) is 18.0 Å². The Bertz CT molecular complexity index is 372. The maximum Gasteiger partial charge on any atom is 0.161 e. The van der Waals surface area contributed by atoms with Crippen LogP contribution in [-0.4, -0.2) is 16.9 Å². The minimum absolute atomic E-state index is 0.00944. The van der Waals surface area contributed by atoms with Crippen molar-refractivity contribution in [3.8, 4) is 5.75 Å². The summed E-state index contributed by atoms with van der Waals surface area (Å²) in [4.78, 5) is 0. The van der Waals surface area contributed by atoms with E-state index in [1.54, 1.807) is 13.3 Å². The first-order valence-electron chi connectivity index (χ1n) is 6.97. The minimum Gasteiger partial charge on any atom is -0.493 e. The molecule has 4 heteroatoms. The third kappa shape index (κ3) is 2.26. The Morgan fingerprint density at radius 1 is 1.44 bits per heavy atom. The Hall–Kier alpha value is -1.03. The molecule has 1 aromatic heterocycles. The molecular formula is C14H25N3O. The van der Waals surface area contributed by atoms with Crippen LogP contribution in [0.2, 0.25) is 0 Å². The zero-order valence-corrected chi connectivity index (χ0v) is 11.8. The molecule has 102 valence electrons. The fourth-order valence-corrected chi connectivity index (χ4v) is 3.10. The largest absolute Gasteiger partial charge is 0.493 e. The lowest BCUT2D eigenvalue weighted by molar-refractivity contribution is 0.162. The van der Waals surface area contributed by atoms with Gasteiger partial charge < -0.3 is 10.5 Å². The van der Waals surface area contributed by atoms with Gasteiger partial charge in [-0.15, -0.1) is 0 Å². The number of nitrogens with two attached hydrogens (primary N) is 1. The van der Waals surface area contributed by atoms with Gasteiger partial charge in [-0.3, -0.25) is 4.68 Å². The van der Waals surface area contributed by atoms with Gasteiger partial charge in [0.1, 0.15) is 0 Å². The van der Waals surface area contributed by atoms with Crippen LogP contribution in [0.4, 0.5) is 0 Å². The number of ether oxygens (including phenoxy) is 1. The second-order valence-corrected chi connectivity index (χ2v) is 5.61. The second kappa shape index (κ2) is 5.31. The number of nitrogens with zero attached hydrogens (tertiary/aromatic N) is 2. The summed E-state index contributed by atoms with van der Waals surface area (Å²) < 4.78 is 7.40. The van der Waals surface area contributed by atoms with E-state index in [-0.39, 0.29) is 11.5 Å². The van der Waals surface area contributed by atoms with Crippen LogP contribution < -0.4 is 10.5 Å². The van der Waals surface area contributed by atoms with Crippen molar-refractivity contribution in [3.63, 3.8) is 0 Å². The van der Waals surface area contributed by atoms with Crippen molar-refractivity contribution in [2.24, 2.45) is 11.1 Å². The van der Waals surface area contributed by atoms with Crippen molar-refractivity contribution in [3.05, 3.63) is 11.9 Å². The van der Waals surface area contributed by atoms with Gasteiger partial charge in [-0.2, -0.15) is 5.10 Å². The van der Waals surface area contributed by atoms with E-state index in [4.69, 9.17) is 10.5 Å². The van der Waals surface area contributed by atoms with Gasteiger partial charge >= 0.3 is 0 Å². The highest BCUT2D eigenvalue weighted by atomic mass is 16.5. The fraction of sp³-hybridized carbons (Fsp3) is 0.786. The molecule has 0 bridgehead atoms. The van der Waals surface area contributed by atoms with Gasteiger partial charge in [0.2, 0.25) is 0 Å². The van der Waals surface area contributed by atoms with Gasteiger partial charge in [-0.1, -0.05) is 26.2 Å². The summed E-state index contributed by atoms with van der Waals surface area (Å²) in [5.41, 5.74) is 7.80. The van der Waals surface area contributed by atoms with Crippen molar-refractivity contribution in [1.29, 1.82) is 0 Å². The smallest absolute Gasteiger partial charge is 0.161 e. The maximum atomic E-state index is 6.56. The number of hydrogen-bond acceptors (Lipinski definition) is 3. The predicted molar refractivity (Wildman–Crippen MR) is 72.6 cm³/mol. The molecule has 1 aliphatic carbocycles. The first-order valence-corrected chi connectivity index (χ1v) is 6.97. The van der Waals surface area contributed by atoms with Gasteiger partial charge in [0.05, 0.1) is 25.0 Å². The van der Waals surface area contributed by atoms with Crippen molar-refractivity contribution >= 4 is 0 Å². The Morgan fingerprint density at radius 3 is 2.67 bits per heavy atom. The topological polar surface area (TPSA) is 53.1 Å². The van der Waals surface area contributed by atoms with Crippen LogP contribution in [0.1, 0.15) is 57.7 Å². The van der Waals surface area contributed by atoms with Crippen molar-refractivity contribution in [1.82, 2.24) is 9.78 Å². The number of hydrogen-bond donors (Lipinski definition) is 1. The summed E-state index contributed by atoms with van der Waals surface area (Å²) in [5.74, 6) is 0.830. The molecule has 1 aromatic rings. The van der Waals surface area contributed by atoms with Gasteiger partial charge in [-0.25, -0.2) is 0 Å². The molecule has 0 amide bonds. The molecule has 1 heterocycles. The molecule has 2 rings (SSSR count). The molecule has 1 fully saturated rings. The molecule has 1 aliphatic rings. The van der Waals surface area contributed by atoms with Crippen LogP contribution in [-0.2, 0) is 6.54 Å². The highest BCUT2D eigenvalue weighted by Crippen LogP contribution is 2.46. The summed E-state index contributed by atoms with van der Waals surface area (Å²) >= 11 is 0. The molecule has 2 N–H and O–H groups in total. The highest BCUT2D eigenvalue weighted by Gasteiger charge is 2.37. The summed E-state index contributed by atoms with van der Waals surface area (Å²) in [6.45, 7) is 5.23. The van der Waals surface area contributed by atoms with E-state index >= 15 is 0 Å². The van der Waals surface area contributed by atoms with E-state index in [1.807, 2.05) is 4.68 Å². The van der Waals surface area contributed by atoms with Crippen molar-refractivity contribution in [2.75, 3.05) is 7.11 Å². The van der Waals surface area contributed by atoms with Gasteiger partial charge in [0.15, 0.2) is 5.75 Å². The summed E-state index contributed by atoms with van der Waals surface area (Å²) in [6, 6.07) is 0.00944. The van der Waals surface area contributed by atoms with Crippen LogP contribution in [0.5, 0.6) is 5.75 Å². The predicted octanol–water partition coefficient (Wildman–Crippen LogP) is 2.88. The molecule has 0 spiro atoms. The monoisotopic (exact) mass is 251 g/mol. The number of aryl methyl sites for hydroxylation is 1. The minimum atomic E-state index is 0.00944. The lowest BCUT2D eigenvalue weighted by Gasteiger charge is -2.39. The Kier molecular flexibility index (Phi) is 3.95. The molecule has 0 saturated heterocycles. The normalized spacial score (nSPS) is 20.7. The van der Waals surface area contributed by atoms with Crippen LogP contribution in [0, 0.1) is 5.41 Å². The number of aromatic nitrogens is 2. The van der Waals surface area contributed by atoms with Crippen LogP contribution in [0.3, 0.4) is 0 Å². The fourth-order valence-electron chi connectivity index (χ4n) is 3.10. The average Bonchev–Trinajstić information content (AvgIpc) is 2.81. The molecule has 1 unspecified atom stereocenters. The van der Waals surface area contributed by atoms with Gasteiger partial charge in [-0.05, 0) is 25.2 Å². The number of rotatable bonds is 4. The molecule has 0 aromatic carbocycles. The summed E-state index contributed by atoms with van der Waals surface area (Å²) in [7, 11) is 1.69. The Balaban J connectivity index is 2.31. The van der Waals surface area contributed by atoms with Crippen LogP contribution >= 0.6 is 0 Å². The van der Waals surface area contributed by atoms with Crippen molar-refractivity contribution < 1.29 is 4.74 Å². The maximum absolute atomic E-state index is 6.56. The van der Waals surface area contributed by atoms with E-state index in [1.165, 1.54) is 32.1 Å². The Labute approximate surface area is 110 Å².